The molecule has 1 aromatic carbocycles. The van der Waals surface area contributed by atoms with E-state index >= 15 is 0 Å². The summed E-state index contributed by atoms with van der Waals surface area (Å²) in [5, 5.41) is 3.11. The maximum absolute atomic E-state index is 11.8. The smallest absolute Gasteiger partial charge is 0.223 e. The molecule has 1 saturated carbocycles. The van der Waals surface area contributed by atoms with Crippen LogP contribution in [-0.2, 0) is 4.79 Å². The molecular weight excluding hydrogens is 260 g/mol. The number of carbonyl (C=O) groups is 1. The molecule has 1 heterocycles. The molecule has 1 saturated heterocycles. The number of amides is 1. The van der Waals surface area contributed by atoms with Gasteiger partial charge < -0.3 is 10.2 Å². The lowest BCUT2D eigenvalue weighted by molar-refractivity contribution is -0.122. The summed E-state index contributed by atoms with van der Waals surface area (Å²) in [7, 11) is 0. The lowest BCUT2D eigenvalue weighted by Crippen LogP contribution is -2.32. The first kappa shape index (κ1) is 14.4. The van der Waals surface area contributed by atoms with Crippen molar-refractivity contribution >= 4 is 11.6 Å². The van der Waals surface area contributed by atoms with Crippen molar-refractivity contribution in [2.75, 3.05) is 18.0 Å². The predicted octanol–water partition coefficient (Wildman–Crippen LogP) is 3.51. The number of rotatable bonds is 4. The lowest BCUT2D eigenvalue weighted by Gasteiger charge is -2.32. The second-order valence-electron chi connectivity index (χ2n) is 6.77. The van der Waals surface area contributed by atoms with Crippen molar-refractivity contribution in [1.29, 1.82) is 0 Å². The summed E-state index contributed by atoms with van der Waals surface area (Å²) in [5.41, 5.74) is 2.50. The van der Waals surface area contributed by atoms with Gasteiger partial charge in [-0.2, -0.15) is 0 Å². The van der Waals surface area contributed by atoms with E-state index in [4.69, 9.17) is 0 Å². The number of nitrogens with one attached hydrogen (secondary N) is 1. The molecule has 1 aromatic rings. The second-order valence-corrected chi connectivity index (χ2v) is 6.77. The number of anilines is 1. The molecule has 3 rings (SSSR count). The topological polar surface area (TPSA) is 32.3 Å². The minimum atomic E-state index is 0.105. The Morgan fingerprint density at radius 3 is 2.33 bits per heavy atom. The highest BCUT2D eigenvalue weighted by Gasteiger charge is 2.30. The van der Waals surface area contributed by atoms with Crippen molar-refractivity contribution in [3.05, 3.63) is 29.8 Å². The molecule has 1 aliphatic carbocycles. The zero-order chi connectivity index (χ0) is 14.8. The van der Waals surface area contributed by atoms with Gasteiger partial charge >= 0.3 is 0 Å². The highest BCUT2D eigenvalue weighted by molar-refractivity contribution is 5.81. The molecule has 2 aliphatic rings. The van der Waals surface area contributed by atoms with Crippen molar-refractivity contribution in [3.8, 4) is 0 Å². The molecule has 0 aromatic heterocycles. The van der Waals surface area contributed by atoms with Gasteiger partial charge in [-0.1, -0.05) is 19.1 Å². The van der Waals surface area contributed by atoms with Crippen LogP contribution in [0.4, 0.5) is 5.69 Å². The van der Waals surface area contributed by atoms with Gasteiger partial charge in [0.2, 0.25) is 5.91 Å². The summed E-state index contributed by atoms with van der Waals surface area (Å²) in [5.74, 6) is 1.36. The van der Waals surface area contributed by atoms with E-state index < -0.39 is 0 Å². The fourth-order valence-corrected chi connectivity index (χ4v) is 3.00. The number of benzene rings is 1. The molecule has 2 fully saturated rings. The van der Waals surface area contributed by atoms with Crippen molar-refractivity contribution in [1.82, 2.24) is 5.32 Å². The molecule has 1 amide bonds. The van der Waals surface area contributed by atoms with Crippen LogP contribution < -0.4 is 10.2 Å². The van der Waals surface area contributed by atoms with Gasteiger partial charge in [-0.05, 0) is 56.2 Å². The summed E-state index contributed by atoms with van der Waals surface area (Å²) in [6.45, 7) is 6.73. The van der Waals surface area contributed by atoms with Gasteiger partial charge in [-0.15, -0.1) is 0 Å². The van der Waals surface area contributed by atoms with E-state index in [2.05, 4.69) is 48.3 Å². The highest BCUT2D eigenvalue weighted by Crippen LogP contribution is 2.30. The summed E-state index contributed by atoms with van der Waals surface area (Å²) in [6.07, 6.45) is 4.70. The maximum atomic E-state index is 11.8. The Bertz CT molecular complexity index is 484. The van der Waals surface area contributed by atoms with Crippen molar-refractivity contribution in [3.63, 3.8) is 0 Å². The van der Waals surface area contributed by atoms with E-state index in [0.717, 1.165) is 31.8 Å². The Balaban J connectivity index is 1.59. The van der Waals surface area contributed by atoms with Crippen molar-refractivity contribution in [2.45, 2.75) is 45.6 Å². The zero-order valence-corrected chi connectivity index (χ0v) is 13.1. The van der Waals surface area contributed by atoms with Gasteiger partial charge in [-0.3, -0.25) is 4.79 Å². The van der Waals surface area contributed by atoms with Crippen LogP contribution in [0.2, 0.25) is 0 Å². The third-order valence-electron chi connectivity index (χ3n) is 4.85. The largest absolute Gasteiger partial charge is 0.372 e. The average Bonchev–Trinajstić information content (AvgIpc) is 3.33. The molecule has 0 radical (unpaired) electrons. The van der Waals surface area contributed by atoms with Gasteiger partial charge in [0.05, 0.1) is 6.04 Å². The standard InChI is InChI=1S/C18H26N2O/c1-13-9-11-20(12-10-13)17-7-5-15(6-8-17)14(2)19-18(21)16-3-4-16/h5-8,13-14,16H,3-4,9-12H2,1-2H3,(H,19,21)/t14-/m1/s1. The Morgan fingerprint density at radius 2 is 1.76 bits per heavy atom. The van der Waals surface area contributed by atoms with Gasteiger partial charge in [-0.25, -0.2) is 0 Å². The molecule has 3 heteroatoms. The second kappa shape index (κ2) is 6.08. The van der Waals surface area contributed by atoms with Crippen LogP contribution >= 0.6 is 0 Å². The Morgan fingerprint density at radius 1 is 1.14 bits per heavy atom. The van der Waals surface area contributed by atoms with E-state index in [0.29, 0.717) is 0 Å². The fourth-order valence-electron chi connectivity index (χ4n) is 3.00. The van der Waals surface area contributed by atoms with E-state index in [1.807, 2.05) is 0 Å². The van der Waals surface area contributed by atoms with Crippen molar-refractivity contribution in [2.24, 2.45) is 11.8 Å². The molecular formula is C18H26N2O. The highest BCUT2D eigenvalue weighted by atomic mass is 16.2. The maximum Gasteiger partial charge on any atom is 0.223 e. The quantitative estimate of drug-likeness (QED) is 0.918. The first-order chi connectivity index (χ1) is 10.1. The van der Waals surface area contributed by atoms with Crippen LogP contribution in [0, 0.1) is 11.8 Å². The minimum absolute atomic E-state index is 0.105. The summed E-state index contributed by atoms with van der Waals surface area (Å²) >= 11 is 0. The van der Waals surface area contributed by atoms with Gasteiger partial charge in [0.25, 0.3) is 0 Å². The number of hydrogen-bond donors (Lipinski definition) is 1. The number of piperidine rings is 1. The SMILES string of the molecule is CC1CCN(c2ccc([C@@H](C)NC(=O)C3CC3)cc2)CC1. The van der Waals surface area contributed by atoms with E-state index in [1.54, 1.807) is 0 Å². The molecule has 0 spiro atoms. The number of hydrogen-bond acceptors (Lipinski definition) is 2. The number of carbonyl (C=O) groups excluding carboxylic acids is 1. The molecule has 3 nitrogen and oxygen atoms in total. The van der Waals surface area contributed by atoms with Crippen LogP contribution in [0.25, 0.3) is 0 Å². The fraction of sp³-hybridized carbons (Fsp3) is 0.611. The number of nitrogens with zero attached hydrogens (tertiary/aromatic N) is 1. The summed E-state index contributed by atoms with van der Waals surface area (Å²) < 4.78 is 0. The van der Waals surface area contributed by atoms with Crippen LogP contribution in [0.15, 0.2) is 24.3 Å². The molecule has 1 aliphatic heterocycles. The summed E-state index contributed by atoms with van der Waals surface area (Å²) in [6, 6.07) is 8.82. The van der Waals surface area contributed by atoms with Crippen LogP contribution in [0.3, 0.4) is 0 Å². The molecule has 0 bridgehead atoms. The van der Waals surface area contributed by atoms with E-state index in [9.17, 15) is 4.79 Å². The average molecular weight is 286 g/mol. The minimum Gasteiger partial charge on any atom is -0.372 e. The predicted molar refractivity (Wildman–Crippen MR) is 86.3 cm³/mol. The first-order valence-electron chi connectivity index (χ1n) is 8.29. The Labute approximate surface area is 127 Å². The van der Waals surface area contributed by atoms with Crippen LogP contribution in [0.1, 0.15) is 51.1 Å². The Hall–Kier alpha value is -1.51. The molecule has 21 heavy (non-hydrogen) atoms. The normalized spacial score (nSPS) is 21.1. The molecule has 1 atom stereocenters. The van der Waals surface area contributed by atoms with Crippen LogP contribution in [-0.4, -0.2) is 19.0 Å². The molecule has 0 unspecified atom stereocenters. The van der Waals surface area contributed by atoms with Gasteiger partial charge in [0.1, 0.15) is 0 Å². The molecule has 114 valence electrons. The first-order valence-corrected chi connectivity index (χ1v) is 8.29. The van der Waals surface area contributed by atoms with Gasteiger partial charge in [0.15, 0.2) is 0 Å². The summed E-state index contributed by atoms with van der Waals surface area (Å²) in [4.78, 5) is 14.3. The monoisotopic (exact) mass is 286 g/mol. The third-order valence-corrected chi connectivity index (χ3v) is 4.85. The van der Waals surface area contributed by atoms with E-state index in [-0.39, 0.29) is 17.9 Å². The van der Waals surface area contributed by atoms with Crippen molar-refractivity contribution < 1.29 is 4.79 Å². The zero-order valence-electron chi connectivity index (χ0n) is 13.1. The van der Waals surface area contributed by atoms with Crippen LogP contribution in [0.5, 0.6) is 0 Å². The molecule has 1 N–H and O–H groups in total. The van der Waals surface area contributed by atoms with Gasteiger partial charge in [0, 0.05) is 24.7 Å². The Kier molecular flexibility index (Phi) is 4.18. The third kappa shape index (κ3) is 3.58. The lowest BCUT2D eigenvalue weighted by atomic mass is 9.98. The van der Waals surface area contributed by atoms with E-state index in [1.165, 1.54) is 24.1 Å².